The molecular weight excluding hydrogens is 280 g/mol. The van der Waals surface area contributed by atoms with E-state index in [-0.39, 0.29) is 17.4 Å². The lowest BCUT2D eigenvalue weighted by molar-refractivity contribution is -0.132. The molecule has 0 bridgehead atoms. The van der Waals surface area contributed by atoms with E-state index in [1.165, 1.54) is 5.56 Å². The number of nitrogens with zero attached hydrogens (tertiary/aromatic N) is 4. The summed E-state index contributed by atoms with van der Waals surface area (Å²) < 4.78 is 7.92. The number of likely N-dealkylation sites (tertiary alicyclic amines) is 1. The molecule has 22 heavy (non-hydrogen) atoms. The molecule has 0 radical (unpaired) electrons. The largest absolute Gasteiger partial charge is 0.374 e. The van der Waals surface area contributed by atoms with Crippen LogP contribution in [0.4, 0.5) is 0 Å². The molecule has 1 aromatic rings. The Bertz CT molecular complexity index is 532. The lowest BCUT2D eigenvalue weighted by Gasteiger charge is -2.38. The molecule has 1 spiro atoms. The topological polar surface area (TPSA) is 50.6 Å². The summed E-state index contributed by atoms with van der Waals surface area (Å²) in [6.07, 6.45) is 6.92. The molecule has 6 heteroatoms. The van der Waals surface area contributed by atoms with Crippen LogP contribution in [0.5, 0.6) is 0 Å². The third kappa shape index (κ3) is 3.17. The molecule has 2 aliphatic rings. The highest BCUT2D eigenvalue weighted by molar-refractivity contribution is 5.78. The van der Waals surface area contributed by atoms with Gasteiger partial charge in [-0.15, -0.1) is 0 Å². The van der Waals surface area contributed by atoms with Crippen molar-refractivity contribution in [1.29, 1.82) is 0 Å². The molecule has 0 unspecified atom stereocenters. The fourth-order valence-corrected chi connectivity index (χ4v) is 3.65. The van der Waals surface area contributed by atoms with Crippen molar-refractivity contribution in [3.8, 4) is 0 Å². The van der Waals surface area contributed by atoms with Gasteiger partial charge in [-0.05, 0) is 19.3 Å². The number of hydrogen-bond acceptors (Lipinski definition) is 4. The van der Waals surface area contributed by atoms with E-state index in [1.54, 1.807) is 4.90 Å². The number of aromatic nitrogens is 2. The third-order valence-electron chi connectivity index (χ3n) is 4.93. The zero-order valence-corrected chi connectivity index (χ0v) is 13.8. The highest BCUT2D eigenvalue weighted by Crippen LogP contribution is 2.39. The van der Waals surface area contributed by atoms with Gasteiger partial charge < -0.3 is 9.64 Å². The fraction of sp³-hybridized carbons (Fsp3) is 0.750. The lowest BCUT2D eigenvalue weighted by atomic mass is 9.85. The molecule has 0 aliphatic carbocycles. The summed E-state index contributed by atoms with van der Waals surface area (Å²) in [7, 11) is 5.59. The Morgan fingerprint density at radius 1 is 1.45 bits per heavy atom. The Kier molecular flexibility index (Phi) is 4.23. The molecule has 6 nitrogen and oxygen atoms in total. The first kappa shape index (κ1) is 15.5. The smallest absolute Gasteiger partial charge is 0.227 e. The van der Waals surface area contributed by atoms with Crippen molar-refractivity contribution < 1.29 is 9.53 Å². The van der Waals surface area contributed by atoms with Crippen LogP contribution in [0.3, 0.4) is 0 Å². The van der Waals surface area contributed by atoms with Crippen molar-refractivity contribution in [2.45, 2.75) is 31.4 Å². The first-order valence-corrected chi connectivity index (χ1v) is 8.02. The maximum absolute atomic E-state index is 12.1. The van der Waals surface area contributed by atoms with Crippen LogP contribution >= 0.6 is 0 Å². The Labute approximate surface area is 132 Å². The molecule has 2 aliphatic heterocycles. The molecule has 0 N–H and O–H groups in total. The minimum absolute atomic E-state index is 0.0415. The first-order valence-electron chi connectivity index (χ1n) is 8.02. The molecule has 1 aromatic heterocycles. The number of ether oxygens (including phenoxy) is 1. The van der Waals surface area contributed by atoms with Crippen molar-refractivity contribution in [2.75, 3.05) is 33.8 Å². The third-order valence-corrected chi connectivity index (χ3v) is 4.93. The number of hydrogen-bond donors (Lipinski definition) is 0. The number of carbonyl (C=O) groups is 1. The van der Waals surface area contributed by atoms with Gasteiger partial charge in [0.05, 0.1) is 24.3 Å². The van der Waals surface area contributed by atoms with Crippen LogP contribution in [0.25, 0.3) is 0 Å². The second kappa shape index (κ2) is 6.01. The van der Waals surface area contributed by atoms with E-state index in [2.05, 4.69) is 16.2 Å². The average Bonchev–Trinajstić information content (AvgIpc) is 3.08. The molecule has 3 rings (SSSR count). The fourth-order valence-electron chi connectivity index (χ4n) is 3.65. The van der Waals surface area contributed by atoms with Gasteiger partial charge in [0.1, 0.15) is 0 Å². The number of amides is 1. The number of aryl methyl sites for hydroxylation is 1. The zero-order chi connectivity index (χ0) is 15.7. The van der Waals surface area contributed by atoms with E-state index in [1.807, 2.05) is 32.0 Å². The SMILES string of the molecule is CN(C)C(=O)[C@@H]1COC2(CCN(Cc3cnn(C)c3)CC2)C1. The second-order valence-corrected chi connectivity index (χ2v) is 6.93. The molecule has 3 heterocycles. The molecule has 1 amide bonds. The molecule has 2 saturated heterocycles. The maximum atomic E-state index is 12.1. The van der Waals surface area contributed by atoms with Gasteiger partial charge in [-0.1, -0.05) is 0 Å². The van der Waals surface area contributed by atoms with Crippen molar-refractivity contribution >= 4 is 5.91 Å². The number of rotatable bonds is 3. The Morgan fingerprint density at radius 2 is 2.18 bits per heavy atom. The van der Waals surface area contributed by atoms with Crippen molar-refractivity contribution in [1.82, 2.24) is 19.6 Å². The maximum Gasteiger partial charge on any atom is 0.227 e. The summed E-state index contributed by atoms with van der Waals surface area (Å²) in [6.45, 7) is 3.58. The Balaban J connectivity index is 1.52. The predicted octanol–water partition coefficient (Wildman–Crippen LogP) is 0.879. The molecule has 2 fully saturated rings. The Hall–Kier alpha value is -1.40. The molecule has 0 saturated carbocycles. The molecular formula is C16H26N4O2. The van der Waals surface area contributed by atoms with E-state index >= 15 is 0 Å². The van der Waals surface area contributed by atoms with Gasteiger partial charge in [0.25, 0.3) is 0 Å². The van der Waals surface area contributed by atoms with Gasteiger partial charge in [-0.2, -0.15) is 5.10 Å². The minimum Gasteiger partial charge on any atom is -0.374 e. The zero-order valence-electron chi connectivity index (χ0n) is 13.8. The van der Waals surface area contributed by atoms with Crippen LogP contribution in [0.15, 0.2) is 12.4 Å². The van der Waals surface area contributed by atoms with Crippen LogP contribution < -0.4 is 0 Å². The van der Waals surface area contributed by atoms with Crippen LogP contribution in [0.1, 0.15) is 24.8 Å². The van der Waals surface area contributed by atoms with Crippen LogP contribution in [0.2, 0.25) is 0 Å². The summed E-state index contributed by atoms with van der Waals surface area (Å²) in [5.41, 5.74) is 1.19. The van der Waals surface area contributed by atoms with E-state index in [9.17, 15) is 4.79 Å². The van der Waals surface area contributed by atoms with Crippen molar-refractivity contribution in [3.05, 3.63) is 18.0 Å². The van der Waals surface area contributed by atoms with Gasteiger partial charge >= 0.3 is 0 Å². The minimum atomic E-state index is -0.0677. The van der Waals surface area contributed by atoms with Crippen LogP contribution in [0, 0.1) is 5.92 Å². The van der Waals surface area contributed by atoms with Gasteiger partial charge in [-0.3, -0.25) is 14.4 Å². The van der Waals surface area contributed by atoms with Gasteiger partial charge in [0, 0.05) is 52.5 Å². The standard InChI is InChI=1S/C16H26N4O2/c1-18(2)15(21)14-8-16(22-12-14)4-6-20(7-5-16)11-13-9-17-19(3)10-13/h9-10,14H,4-8,11-12H2,1-3H3/t14-/m0/s1. The van der Waals surface area contributed by atoms with E-state index < -0.39 is 0 Å². The quantitative estimate of drug-likeness (QED) is 0.832. The molecule has 1 atom stereocenters. The lowest BCUT2D eigenvalue weighted by Crippen LogP contribution is -2.44. The first-order chi connectivity index (χ1) is 10.5. The predicted molar refractivity (Wildman–Crippen MR) is 83.2 cm³/mol. The summed E-state index contributed by atoms with van der Waals surface area (Å²) in [5.74, 6) is 0.245. The number of carbonyl (C=O) groups excluding carboxylic acids is 1. The van der Waals surface area contributed by atoms with Crippen molar-refractivity contribution in [2.24, 2.45) is 13.0 Å². The average molecular weight is 306 g/mol. The molecule has 122 valence electrons. The summed E-state index contributed by atoms with van der Waals surface area (Å²) >= 11 is 0. The monoisotopic (exact) mass is 306 g/mol. The van der Waals surface area contributed by atoms with E-state index in [0.717, 1.165) is 38.9 Å². The summed E-state index contributed by atoms with van der Waals surface area (Å²) in [5, 5.41) is 4.22. The highest BCUT2D eigenvalue weighted by Gasteiger charge is 2.45. The summed E-state index contributed by atoms with van der Waals surface area (Å²) in [4.78, 5) is 16.2. The second-order valence-electron chi connectivity index (χ2n) is 6.93. The van der Waals surface area contributed by atoms with Crippen LogP contribution in [-0.4, -0.2) is 64.9 Å². The normalized spacial score (nSPS) is 24.8. The summed E-state index contributed by atoms with van der Waals surface area (Å²) in [6, 6.07) is 0. The Morgan fingerprint density at radius 3 is 2.77 bits per heavy atom. The van der Waals surface area contributed by atoms with Gasteiger partial charge in [0.15, 0.2) is 0 Å². The van der Waals surface area contributed by atoms with Gasteiger partial charge in [0.2, 0.25) is 5.91 Å². The van der Waals surface area contributed by atoms with Crippen LogP contribution in [-0.2, 0) is 23.1 Å². The van der Waals surface area contributed by atoms with E-state index in [4.69, 9.17) is 4.74 Å². The highest BCUT2D eigenvalue weighted by atomic mass is 16.5. The van der Waals surface area contributed by atoms with Crippen molar-refractivity contribution in [3.63, 3.8) is 0 Å². The van der Waals surface area contributed by atoms with Gasteiger partial charge in [-0.25, -0.2) is 0 Å². The number of piperidine rings is 1. The van der Waals surface area contributed by atoms with E-state index in [0.29, 0.717) is 6.61 Å². The molecule has 0 aromatic carbocycles.